The monoisotopic (exact) mass is 217 g/mol. The van der Waals surface area contributed by atoms with Crippen molar-refractivity contribution in [3.63, 3.8) is 0 Å². The summed E-state index contributed by atoms with van der Waals surface area (Å²) in [6.45, 7) is 3.89. The third-order valence-corrected chi connectivity index (χ3v) is 2.34. The number of hydrogen-bond acceptors (Lipinski definition) is 4. The maximum Gasteiger partial charge on any atom is 0.213 e. The lowest BCUT2D eigenvalue weighted by atomic mass is 10.0. The second-order valence-corrected chi connectivity index (χ2v) is 3.32. The predicted molar refractivity (Wildman–Crippen MR) is 57.4 cm³/mol. The number of methoxy groups -OCH3 is 1. The number of rotatable bonds is 3. The summed E-state index contributed by atoms with van der Waals surface area (Å²) in [7, 11) is 1.54. The number of nitrogens with zero attached hydrogens (tertiary/aromatic N) is 1. The van der Waals surface area contributed by atoms with Crippen LogP contribution in [-0.4, -0.2) is 13.9 Å². The summed E-state index contributed by atoms with van der Waals surface area (Å²) in [5.41, 5.74) is 1.55. The zero-order valence-electron chi connectivity index (χ0n) is 8.90. The molecule has 0 aliphatic carbocycles. The molecule has 82 valence electrons. The SMILES string of the molecule is C=C1OC(C#N)c2c(OCOC)cccc21. The van der Waals surface area contributed by atoms with Crippen LogP contribution in [0.2, 0.25) is 0 Å². The summed E-state index contributed by atoms with van der Waals surface area (Å²) in [6.07, 6.45) is -0.643. The van der Waals surface area contributed by atoms with Gasteiger partial charge in [-0.15, -0.1) is 0 Å². The summed E-state index contributed by atoms with van der Waals surface area (Å²) in [5, 5.41) is 8.98. The minimum atomic E-state index is -0.643. The smallest absolute Gasteiger partial charge is 0.213 e. The molecule has 2 rings (SSSR count). The van der Waals surface area contributed by atoms with Gasteiger partial charge in [-0.25, -0.2) is 0 Å². The second-order valence-electron chi connectivity index (χ2n) is 3.32. The van der Waals surface area contributed by atoms with E-state index in [9.17, 15) is 0 Å². The first-order valence-electron chi connectivity index (χ1n) is 4.78. The van der Waals surface area contributed by atoms with Crippen molar-refractivity contribution in [2.75, 3.05) is 13.9 Å². The van der Waals surface area contributed by atoms with E-state index in [2.05, 4.69) is 12.6 Å². The van der Waals surface area contributed by atoms with Gasteiger partial charge < -0.3 is 14.2 Å². The lowest BCUT2D eigenvalue weighted by molar-refractivity contribution is 0.0495. The average Bonchev–Trinajstić information content (AvgIpc) is 2.64. The van der Waals surface area contributed by atoms with Crippen LogP contribution in [0.15, 0.2) is 24.8 Å². The molecule has 1 aliphatic rings. The van der Waals surface area contributed by atoms with Crippen LogP contribution in [0.4, 0.5) is 0 Å². The molecule has 0 fully saturated rings. The largest absolute Gasteiger partial charge is 0.471 e. The Balaban J connectivity index is 2.42. The Bertz CT molecular complexity index is 462. The van der Waals surface area contributed by atoms with Gasteiger partial charge in [0.15, 0.2) is 6.79 Å². The normalized spacial score (nSPS) is 17.5. The Kier molecular flexibility index (Phi) is 2.80. The molecule has 0 amide bonds. The van der Waals surface area contributed by atoms with Gasteiger partial charge in [0.25, 0.3) is 0 Å². The zero-order valence-corrected chi connectivity index (χ0v) is 8.90. The molecule has 0 aromatic heterocycles. The predicted octanol–water partition coefficient (Wildman–Crippen LogP) is 2.23. The van der Waals surface area contributed by atoms with Gasteiger partial charge in [0.2, 0.25) is 6.10 Å². The molecule has 4 heteroatoms. The molecule has 16 heavy (non-hydrogen) atoms. The summed E-state index contributed by atoms with van der Waals surface area (Å²) >= 11 is 0. The zero-order chi connectivity index (χ0) is 11.5. The molecule has 1 atom stereocenters. The Hall–Kier alpha value is -1.99. The molecule has 1 aromatic rings. The molecule has 0 saturated heterocycles. The lowest BCUT2D eigenvalue weighted by Gasteiger charge is -2.09. The summed E-state index contributed by atoms with van der Waals surface area (Å²) in [6, 6.07) is 7.53. The molecule has 0 N–H and O–H groups in total. The molecule has 1 aromatic carbocycles. The highest BCUT2D eigenvalue weighted by atomic mass is 16.7. The van der Waals surface area contributed by atoms with E-state index in [0.29, 0.717) is 11.5 Å². The van der Waals surface area contributed by atoms with Crippen molar-refractivity contribution < 1.29 is 14.2 Å². The second kappa shape index (κ2) is 4.25. The van der Waals surface area contributed by atoms with Gasteiger partial charge in [-0.1, -0.05) is 18.7 Å². The van der Waals surface area contributed by atoms with Gasteiger partial charge in [0, 0.05) is 12.7 Å². The number of benzene rings is 1. The fraction of sp³-hybridized carbons (Fsp3) is 0.250. The van der Waals surface area contributed by atoms with Crippen molar-refractivity contribution in [3.8, 4) is 11.8 Å². The van der Waals surface area contributed by atoms with E-state index in [1.165, 1.54) is 0 Å². The molecule has 4 nitrogen and oxygen atoms in total. The van der Waals surface area contributed by atoms with Gasteiger partial charge in [-0.2, -0.15) is 5.26 Å². The fourth-order valence-electron chi connectivity index (χ4n) is 1.66. The topological polar surface area (TPSA) is 51.5 Å². The van der Waals surface area contributed by atoms with Crippen molar-refractivity contribution in [1.29, 1.82) is 5.26 Å². The Morgan fingerprint density at radius 1 is 1.56 bits per heavy atom. The molecule has 1 heterocycles. The fourth-order valence-corrected chi connectivity index (χ4v) is 1.66. The summed E-state index contributed by atoms with van der Waals surface area (Å²) in [5.74, 6) is 1.11. The maximum absolute atomic E-state index is 8.98. The van der Waals surface area contributed by atoms with Crippen LogP contribution in [0.1, 0.15) is 17.2 Å². The maximum atomic E-state index is 8.98. The van der Waals surface area contributed by atoms with E-state index in [4.69, 9.17) is 19.5 Å². The number of ether oxygens (including phenoxy) is 3. The van der Waals surface area contributed by atoms with Crippen LogP contribution in [0.5, 0.6) is 5.75 Å². The third kappa shape index (κ3) is 1.62. The van der Waals surface area contributed by atoms with Crippen molar-refractivity contribution in [1.82, 2.24) is 0 Å². The van der Waals surface area contributed by atoms with Gasteiger partial charge in [-0.3, -0.25) is 0 Å². The minimum absolute atomic E-state index is 0.140. The lowest BCUT2D eigenvalue weighted by Crippen LogP contribution is -2.03. The van der Waals surface area contributed by atoms with E-state index >= 15 is 0 Å². The highest BCUT2D eigenvalue weighted by Crippen LogP contribution is 2.42. The Morgan fingerprint density at radius 3 is 3.06 bits per heavy atom. The first-order chi connectivity index (χ1) is 7.77. The number of fused-ring (bicyclic) bond motifs is 1. The summed E-state index contributed by atoms with van der Waals surface area (Å²) < 4.78 is 15.5. The molecule has 1 aliphatic heterocycles. The van der Waals surface area contributed by atoms with Crippen molar-refractivity contribution >= 4 is 5.76 Å². The van der Waals surface area contributed by atoms with Crippen LogP contribution in [-0.2, 0) is 9.47 Å². The first-order valence-corrected chi connectivity index (χ1v) is 4.78. The molecule has 0 saturated carbocycles. The highest BCUT2D eigenvalue weighted by Gasteiger charge is 2.30. The summed E-state index contributed by atoms with van der Waals surface area (Å²) in [4.78, 5) is 0. The third-order valence-electron chi connectivity index (χ3n) is 2.34. The van der Waals surface area contributed by atoms with Crippen molar-refractivity contribution in [2.45, 2.75) is 6.10 Å². The molecule has 1 unspecified atom stereocenters. The molecule has 0 radical (unpaired) electrons. The number of nitriles is 1. The Morgan fingerprint density at radius 2 is 2.38 bits per heavy atom. The van der Waals surface area contributed by atoms with Gasteiger partial charge in [-0.05, 0) is 6.07 Å². The molecule has 0 spiro atoms. The van der Waals surface area contributed by atoms with Crippen molar-refractivity contribution in [3.05, 3.63) is 35.9 Å². The Labute approximate surface area is 93.7 Å². The molecule has 0 bridgehead atoms. The number of hydrogen-bond donors (Lipinski definition) is 0. The van der Waals surface area contributed by atoms with E-state index in [-0.39, 0.29) is 6.79 Å². The average molecular weight is 217 g/mol. The van der Waals surface area contributed by atoms with Crippen LogP contribution in [0, 0.1) is 11.3 Å². The molecular formula is C12H11NO3. The quantitative estimate of drug-likeness (QED) is 0.728. The van der Waals surface area contributed by atoms with E-state index in [0.717, 1.165) is 11.1 Å². The molecular weight excluding hydrogens is 206 g/mol. The van der Waals surface area contributed by atoms with E-state index < -0.39 is 6.10 Å². The minimum Gasteiger partial charge on any atom is -0.471 e. The van der Waals surface area contributed by atoms with E-state index in [1.807, 2.05) is 12.1 Å². The van der Waals surface area contributed by atoms with Crippen LogP contribution >= 0.6 is 0 Å². The standard InChI is InChI=1S/C12H11NO3/c1-8-9-4-3-5-10(15-7-14-2)12(9)11(6-13)16-8/h3-5,11H,1,7H2,2H3. The van der Waals surface area contributed by atoms with Gasteiger partial charge in [0.05, 0.1) is 5.56 Å². The van der Waals surface area contributed by atoms with Crippen molar-refractivity contribution in [2.24, 2.45) is 0 Å². The highest BCUT2D eigenvalue weighted by molar-refractivity contribution is 5.69. The van der Waals surface area contributed by atoms with Gasteiger partial charge >= 0.3 is 0 Å². The van der Waals surface area contributed by atoms with E-state index in [1.54, 1.807) is 13.2 Å². The van der Waals surface area contributed by atoms with Gasteiger partial charge in [0.1, 0.15) is 17.6 Å². The van der Waals surface area contributed by atoms with Crippen LogP contribution < -0.4 is 4.74 Å². The van der Waals surface area contributed by atoms with Crippen LogP contribution in [0.25, 0.3) is 5.76 Å². The first kappa shape index (κ1) is 10.5. The van der Waals surface area contributed by atoms with Crippen LogP contribution in [0.3, 0.4) is 0 Å².